The van der Waals surface area contributed by atoms with Crippen LogP contribution in [0.3, 0.4) is 0 Å². The minimum Gasteiger partial charge on any atom is -0.497 e. The third-order valence-corrected chi connectivity index (χ3v) is 11.1. The molecule has 3 N–H and O–H groups in total. The van der Waals surface area contributed by atoms with Crippen molar-refractivity contribution in [1.29, 1.82) is 0 Å². The number of amides is 3. The Balaban J connectivity index is 0.858. The summed E-state index contributed by atoms with van der Waals surface area (Å²) in [4.78, 5) is 43.5. The van der Waals surface area contributed by atoms with Crippen LogP contribution in [-0.2, 0) is 22.7 Å². The zero-order valence-corrected chi connectivity index (χ0v) is 31.6. The average molecular weight is 748 g/mol. The number of aryl methyl sites for hydroxylation is 1. The van der Waals surface area contributed by atoms with Gasteiger partial charge in [0.1, 0.15) is 18.1 Å². The maximum atomic E-state index is 12.7. The van der Waals surface area contributed by atoms with Gasteiger partial charge < -0.3 is 15.4 Å². The van der Waals surface area contributed by atoms with Gasteiger partial charge in [-0.25, -0.2) is 9.50 Å². The number of methoxy groups -OCH3 is 1. The SMILES string of the molecule is COc1ccc(C(=O)NCc2ccc(-c3ncnn4cc(-c5ccc(CN6CCC(c7ccc(NC8CCC(=O)NC8=O)cc7)CC6)cc5)cc34)cc2C)cc1. The molecule has 2 fully saturated rings. The fourth-order valence-electron chi connectivity index (χ4n) is 7.74. The van der Waals surface area contributed by atoms with E-state index in [-0.39, 0.29) is 23.8 Å². The Morgan fingerprint density at radius 2 is 1.62 bits per heavy atom. The predicted molar refractivity (Wildman–Crippen MR) is 216 cm³/mol. The molecule has 56 heavy (non-hydrogen) atoms. The zero-order valence-electron chi connectivity index (χ0n) is 31.6. The molecule has 8 rings (SSSR count). The highest BCUT2D eigenvalue weighted by Crippen LogP contribution is 2.32. The molecular formula is C45H45N7O4. The summed E-state index contributed by atoms with van der Waals surface area (Å²) in [5.41, 5.74) is 11.2. The van der Waals surface area contributed by atoms with Crippen LogP contribution in [0.4, 0.5) is 5.69 Å². The number of piperidine rings is 2. The van der Waals surface area contributed by atoms with Crippen molar-refractivity contribution in [1.82, 2.24) is 30.1 Å². The summed E-state index contributed by atoms with van der Waals surface area (Å²) in [5, 5.41) is 13.2. The van der Waals surface area contributed by atoms with Crippen LogP contribution in [0.25, 0.3) is 27.9 Å². The van der Waals surface area contributed by atoms with E-state index in [9.17, 15) is 14.4 Å². The second kappa shape index (κ2) is 16.2. The van der Waals surface area contributed by atoms with Crippen LogP contribution in [-0.4, -0.2) is 63.5 Å². The van der Waals surface area contributed by atoms with Gasteiger partial charge in [0, 0.05) is 48.1 Å². The lowest BCUT2D eigenvalue weighted by Gasteiger charge is -2.32. The highest BCUT2D eigenvalue weighted by Gasteiger charge is 2.27. The molecule has 2 aromatic heterocycles. The van der Waals surface area contributed by atoms with Crippen molar-refractivity contribution in [3.8, 4) is 28.1 Å². The van der Waals surface area contributed by atoms with Crippen molar-refractivity contribution in [2.45, 2.75) is 57.7 Å². The first kappa shape index (κ1) is 36.6. The minimum atomic E-state index is -0.373. The third kappa shape index (κ3) is 8.18. The minimum absolute atomic E-state index is 0.133. The van der Waals surface area contributed by atoms with Crippen molar-refractivity contribution in [3.63, 3.8) is 0 Å². The zero-order chi connectivity index (χ0) is 38.6. The molecule has 6 aromatic rings. The van der Waals surface area contributed by atoms with Crippen molar-refractivity contribution < 1.29 is 19.1 Å². The summed E-state index contributed by atoms with van der Waals surface area (Å²) in [6.45, 7) is 5.45. The predicted octanol–water partition coefficient (Wildman–Crippen LogP) is 6.91. The first-order chi connectivity index (χ1) is 27.3. The molecule has 2 aliphatic heterocycles. The molecule has 0 bridgehead atoms. The van der Waals surface area contributed by atoms with Crippen LogP contribution in [0.1, 0.15) is 64.2 Å². The number of hydrogen-bond acceptors (Lipinski definition) is 8. The molecule has 4 heterocycles. The molecule has 2 saturated heterocycles. The molecule has 3 amide bonds. The van der Waals surface area contributed by atoms with Gasteiger partial charge in [0.15, 0.2) is 0 Å². The smallest absolute Gasteiger partial charge is 0.251 e. The summed E-state index contributed by atoms with van der Waals surface area (Å²) in [7, 11) is 1.60. The molecule has 0 saturated carbocycles. The number of likely N-dealkylation sites (tertiary alicyclic amines) is 1. The largest absolute Gasteiger partial charge is 0.497 e. The Bertz CT molecular complexity index is 2360. The Morgan fingerprint density at radius 3 is 2.34 bits per heavy atom. The number of carbonyl (C=O) groups excluding carboxylic acids is 3. The van der Waals surface area contributed by atoms with E-state index < -0.39 is 0 Å². The average Bonchev–Trinajstić information content (AvgIpc) is 3.67. The van der Waals surface area contributed by atoms with E-state index in [1.807, 2.05) is 35.0 Å². The number of imide groups is 1. The van der Waals surface area contributed by atoms with Gasteiger partial charge in [-0.15, -0.1) is 0 Å². The first-order valence-corrected chi connectivity index (χ1v) is 19.2. The maximum Gasteiger partial charge on any atom is 0.251 e. The fourth-order valence-corrected chi connectivity index (χ4v) is 7.74. The monoisotopic (exact) mass is 747 g/mol. The highest BCUT2D eigenvalue weighted by atomic mass is 16.5. The molecule has 284 valence electrons. The van der Waals surface area contributed by atoms with E-state index in [4.69, 9.17) is 4.74 Å². The molecule has 2 aliphatic rings. The summed E-state index contributed by atoms with van der Waals surface area (Å²) in [6.07, 6.45) is 6.72. The second-order valence-corrected chi connectivity index (χ2v) is 14.7. The number of aromatic nitrogens is 3. The molecule has 1 atom stereocenters. The van der Waals surface area contributed by atoms with Crippen LogP contribution >= 0.6 is 0 Å². The Morgan fingerprint density at radius 1 is 0.875 bits per heavy atom. The van der Waals surface area contributed by atoms with E-state index >= 15 is 0 Å². The lowest BCUT2D eigenvalue weighted by Crippen LogP contribution is -2.47. The number of rotatable bonds is 11. The molecule has 4 aromatic carbocycles. The number of benzene rings is 4. The van der Waals surface area contributed by atoms with Gasteiger partial charge in [0.05, 0.1) is 18.3 Å². The quantitative estimate of drug-likeness (QED) is 0.122. The second-order valence-electron chi connectivity index (χ2n) is 14.7. The number of ether oxygens (including phenoxy) is 1. The van der Waals surface area contributed by atoms with Crippen molar-refractivity contribution in [2.24, 2.45) is 0 Å². The highest BCUT2D eigenvalue weighted by molar-refractivity contribution is 6.01. The van der Waals surface area contributed by atoms with E-state index in [0.29, 0.717) is 36.6 Å². The summed E-state index contributed by atoms with van der Waals surface area (Å²) in [6, 6.07) is 32.3. The van der Waals surface area contributed by atoms with Crippen molar-refractivity contribution in [3.05, 3.63) is 137 Å². The summed E-state index contributed by atoms with van der Waals surface area (Å²) in [5.74, 6) is 0.633. The van der Waals surface area contributed by atoms with Gasteiger partial charge in [-0.1, -0.05) is 48.5 Å². The van der Waals surface area contributed by atoms with Gasteiger partial charge in [-0.05, 0) is 122 Å². The van der Waals surface area contributed by atoms with Crippen molar-refractivity contribution in [2.75, 3.05) is 25.5 Å². The Labute approximate surface area is 326 Å². The van der Waals surface area contributed by atoms with Gasteiger partial charge in [-0.3, -0.25) is 24.6 Å². The standard InChI is InChI=1S/C45H45N7O4/c1-29-23-35(7-8-36(29)25-46-44(54)34-11-15-39(56-2)16-12-34)43-41-24-37(27-52(41)48-28-47-43)32-5-3-30(4-6-32)26-51-21-19-33(20-22-51)31-9-13-38(14-10-31)49-40-17-18-42(53)50-45(40)55/h3-16,23-24,27-28,33,40,49H,17-22,25-26H2,1-2H3,(H,46,54)(H,50,53,55). The Hall–Kier alpha value is -6.33. The number of carbonyl (C=O) groups is 3. The van der Waals surface area contributed by atoms with Gasteiger partial charge >= 0.3 is 0 Å². The van der Waals surface area contributed by atoms with Gasteiger partial charge in [0.25, 0.3) is 5.91 Å². The lowest BCUT2D eigenvalue weighted by atomic mass is 9.89. The van der Waals surface area contributed by atoms with Crippen LogP contribution in [0.15, 0.2) is 110 Å². The fraction of sp³-hybridized carbons (Fsp3) is 0.267. The van der Waals surface area contributed by atoms with E-state index in [1.165, 1.54) is 11.1 Å². The lowest BCUT2D eigenvalue weighted by molar-refractivity contribution is -0.133. The van der Waals surface area contributed by atoms with E-state index in [1.54, 1.807) is 37.7 Å². The maximum absolute atomic E-state index is 12.7. The molecule has 0 radical (unpaired) electrons. The Kier molecular flexibility index (Phi) is 10.6. The molecule has 11 heteroatoms. The first-order valence-electron chi connectivity index (χ1n) is 19.2. The van der Waals surface area contributed by atoms with Crippen LogP contribution < -0.4 is 20.7 Å². The number of fused-ring (bicyclic) bond motifs is 1. The molecule has 0 spiro atoms. The van der Waals surface area contributed by atoms with E-state index in [0.717, 1.165) is 77.2 Å². The summed E-state index contributed by atoms with van der Waals surface area (Å²) < 4.78 is 7.08. The van der Waals surface area contributed by atoms with Gasteiger partial charge in [-0.2, -0.15) is 5.10 Å². The molecule has 11 nitrogen and oxygen atoms in total. The number of hydrogen-bond donors (Lipinski definition) is 3. The van der Waals surface area contributed by atoms with Crippen LogP contribution in [0, 0.1) is 6.92 Å². The molecule has 0 aliphatic carbocycles. The van der Waals surface area contributed by atoms with Gasteiger partial charge in [0.2, 0.25) is 11.8 Å². The van der Waals surface area contributed by atoms with Crippen molar-refractivity contribution >= 4 is 28.9 Å². The van der Waals surface area contributed by atoms with Crippen LogP contribution in [0.2, 0.25) is 0 Å². The number of nitrogens with one attached hydrogen (secondary N) is 3. The normalized spacial score (nSPS) is 16.4. The molecular weight excluding hydrogens is 703 g/mol. The number of nitrogens with zero attached hydrogens (tertiary/aromatic N) is 4. The van der Waals surface area contributed by atoms with Crippen LogP contribution in [0.5, 0.6) is 5.75 Å². The summed E-state index contributed by atoms with van der Waals surface area (Å²) >= 11 is 0. The van der Waals surface area contributed by atoms with E-state index in [2.05, 4.69) is 86.4 Å². The molecule has 1 unspecified atom stereocenters. The topological polar surface area (TPSA) is 130 Å². The number of anilines is 1. The third-order valence-electron chi connectivity index (χ3n) is 11.1.